The highest BCUT2D eigenvalue weighted by molar-refractivity contribution is 6.07. The van der Waals surface area contributed by atoms with E-state index in [1.54, 1.807) is 18.2 Å². The molecule has 2 N–H and O–H groups in total. The van der Waals surface area contributed by atoms with E-state index in [9.17, 15) is 9.90 Å². The van der Waals surface area contributed by atoms with Crippen molar-refractivity contribution in [2.24, 2.45) is 4.99 Å². The van der Waals surface area contributed by atoms with E-state index >= 15 is 0 Å². The quantitative estimate of drug-likeness (QED) is 0.777. The van der Waals surface area contributed by atoms with Crippen molar-refractivity contribution in [2.75, 3.05) is 14.2 Å². The predicted molar refractivity (Wildman–Crippen MR) is 65.8 cm³/mol. The van der Waals surface area contributed by atoms with Crippen LogP contribution in [-0.2, 0) is 4.79 Å². The van der Waals surface area contributed by atoms with Crippen molar-refractivity contribution in [1.29, 1.82) is 0 Å². The highest BCUT2D eigenvalue weighted by Gasteiger charge is 2.14. The summed E-state index contributed by atoms with van der Waals surface area (Å²) < 4.78 is 10.0. The third kappa shape index (κ3) is 2.13. The molecular weight excluding hydrogens is 236 g/mol. The van der Waals surface area contributed by atoms with Gasteiger partial charge in [0.15, 0.2) is 11.5 Å². The number of phenolic OH excluding ortho intramolecular Hbond substituents is 1. The summed E-state index contributed by atoms with van der Waals surface area (Å²) in [5.74, 6) is 0.116. The van der Waals surface area contributed by atoms with Crippen LogP contribution in [0.15, 0.2) is 22.8 Å². The van der Waals surface area contributed by atoms with E-state index in [2.05, 4.69) is 10.3 Å². The molecular formula is C12H12N2O4. The van der Waals surface area contributed by atoms with E-state index in [-0.39, 0.29) is 23.2 Å². The zero-order valence-corrected chi connectivity index (χ0v) is 9.93. The summed E-state index contributed by atoms with van der Waals surface area (Å²) in [5.41, 5.74) is 1.01. The molecule has 0 saturated carbocycles. The standard InChI is InChI=1S/C12H12N2O4/c1-17-9-4-7(5-10(18-2)11(9)15)3-8-12(16)14-6-13-8/h3-6,15H,1-2H3,(H,13,14,16). The Morgan fingerprint density at radius 3 is 2.33 bits per heavy atom. The maximum absolute atomic E-state index is 11.3. The Morgan fingerprint density at radius 2 is 1.89 bits per heavy atom. The van der Waals surface area contributed by atoms with E-state index in [0.29, 0.717) is 11.3 Å². The molecule has 1 aromatic carbocycles. The smallest absolute Gasteiger partial charge is 0.294 e. The van der Waals surface area contributed by atoms with Crippen molar-refractivity contribution in [1.82, 2.24) is 5.32 Å². The Hall–Kier alpha value is -2.50. The lowest BCUT2D eigenvalue weighted by atomic mass is 10.1. The largest absolute Gasteiger partial charge is 0.502 e. The van der Waals surface area contributed by atoms with Crippen LogP contribution in [0.4, 0.5) is 0 Å². The summed E-state index contributed by atoms with van der Waals surface area (Å²) >= 11 is 0. The van der Waals surface area contributed by atoms with Crippen LogP contribution in [-0.4, -0.2) is 31.6 Å². The first-order chi connectivity index (χ1) is 8.65. The van der Waals surface area contributed by atoms with Gasteiger partial charge in [-0.2, -0.15) is 4.99 Å². The number of carbonyl (C=O) groups is 1. The Kier molecular flexibility index (Phi) is 3.18. The number of nitrogens with zero attached hydrogens (tertiary/aromatic N) is 1. The molecule has 0 fully saturated rings. The van der Waals surface area contributed by atoms with Gasteiger partial charge in [0.2, 0.25) is 5.75 Å². The first-order valence-electron chi connectivity index (χ1n) is 5.16. The highest BCUT2D eigenvalue weighted by Crippen LogP contribution is 2.37. The van der Waals surface area contributed by atoms with Gasteiger partial charge in [0.1, 0.15) is 5.70 Å². The maximum Gasteiger partial charge on any atom is 0.294 e. The van der Waals surface area contributed by atoms with Crippen LogP contribution in [0.1, 0.15) is 5.56 Å². The van der Waals surface area contributed by atoms with Gasteiger partial charge < -0.3 is 19.9 Å². The summed E-state index contributed by atoms with van der Waals surface area (Å²) in [4.78, 5) is 14.9. The van der Waals surface area contributed by atoms with Crippen molar-refractivity contribution in [3.8, 4) is 17.2 Å². The molecule has 2 rings (SSSR count). The van der Waals surface area contributed by atoms with E-state index in [1.807, 2.05) is 0 Å². The average molecular weight is 248 g/mol. The minimum Gasteiger partial charge on any atom is -0.502 e. The molecule has 1 aliphatic rings. The fourth-order valence-corrected chi connectivity index (χ4v) is 1.56. The second-order valence-corrected chi connectivity index (χ2v) is 3.54. The molecule has 0 bridgehead atoms. The summed E-state index contributed by atoms with van der Waals surface area (Å²) in [6.45, 7) is 0. The number of methoxy groups -OCH3 is 2. The number of aromatic hydroxyl groups is 1. The van der Waals surface area contributed by atoms with Crippen molar-refractivity contribution >= 4 is 18.3 Å². The number of aliphatic imine (C=N–C) groups is 1. The number of phenols is 1. The molecule has 18 heavy (non-hydrogen) atoms. The van der Waals surface area contributed by atoms with Gasteiger partial charge in [0.05, 0.1) is 20.6 Å². The van der Waals surface area contributed by atoms with E-state index in [0.717, 1.165) is 0 Å². The first kappa shape index (κ1) is 12.0. The lowest BCUT2D eigenvalue weighted by Crippen LogP contribution is -2.07. The van der Waals surface area contributed by atoms with Gasteiger partial charge in [-0.3, -0.25) is 4.79 Å². The second-order valence-electron chi connectivity index (χ2n) is 3.54. The van der Waals surface area contributed by atoms with Gasteiger partial charge in [-0.1, -0.05) is 0 Å². The Morgan fingerprint density at radius 1 is 1.28 bits per heavy atom. The molecule has 0 radical (unpaired) electrons. The lowest BCUT2D eigenvalue weighted by molar-refractivity contribution is -0.114. The number of hydrogen-bond acceptors (Lipinski definition) is 5. The van der Waals surface area contributed by atoms with Crippen LogP contribution in [0.25, 0.3) is 6.08 Å². The molecule has 1 aromatic rings. The number of benzene rings is 1. The van der Waals surface area contributed by atoms with Gasteiger partial charge >= 0.3 is 0 Å². The molecule has 0 spiro atoms. The number of nitrogens with one attached hydrogen (secondary N) is 1. The topological polar surface area (TPSA) is 80.2 Å². The first-order valence-corrected chi connectivity index (χ1v) is 5.16. The van der Waals surface area contributed by atoms with Crippen LogP contribution in [0.2, 0.25) is 0 Å². The van der Waals surface area contributed by atoms with E-state index in [4.69, 9.17) is 9.47 Å². The van der Waals surface area contributed by atoms with E-state index in [1.165, 1.54) is 20.6 Å². The van der Waals surface area contributed by atoms with Gasteiger partial charge in [-0.25, -0.2) is 0 Å². The van der Waals surface area contributed by atoms with Gasteiger partial charge in [-0.15, -0.1) is 0 Å². The molecule has 6 nitrogen and oxygen atoms in total. The second kappa shape index (κ2) is 4.79. The van der Waals surface area contributed by atoms with Crippen molar-refractivity contribution in [3.63, 3.8) is 0 Å². The Bertz CT molecular complexity index is 524. The predicted octanol–water partition coefficient (Wildman–Crippen LogP) is 0.908. The minimum absolute atomic E-state index is 0.0795. The number of hydrogen-bond donors (Lipinski definition) is 2. The molecule has 0 saturated heterocycles. The molecule has 94 valence electrons. The SMILES string of the molecule is COc1cc(C=C2NC=NC2=O)cc(OC)c1O. The van der Waals surface area contributed by atoms with Gasteiger partial charge in [0, 0.05) is 0 Å². The maximum atomic E-state index is 11.3. The normalized spacial score (nSPS) is 15.9. The minimum atomic E-state index is -0.346. The molecule has 0 atom stereocenters. The molecule has 6 heteroatoms. The van der Waals surface area contributed by atoms with Crippen LogP contribution in [0, 0.1) is 0 Å². The van der Waals surface area contributed by atoms with E-state index < -0.39 is 0 Å². The molecule has 0 aromatic heterocycles. The van der Waals surface area contributed by atoms with Crippen LogP contribution in [0.5, 0.6) is 17.2 Å². The summed E-state index contributed by atoms with van der Waals surface area (Å²) in [7, 11) is 2.88. The monoisotopic (exact) mass is 248 g/mol. The molecule has 0 unspecified atom stereocenters. The zero-order valence-electron chi connectivity index (χ0n) is 9.93. The number of rotatable bonds is 3. The number of amides is 1. The lowest BCUT2D eigenvalue weighted by Gasteiger charge is -2.09. The van der Waals surface area contributed by atoms with Crippen LogP contribution in [0.3, 0.4) is 0 Å². The highest BCUT2D eigenvalue weighted by atomic mass is 16.5. The Labute approximate surface area is 104 Å². The fraction of sp³-hybridized carbons (Fsp3) is 0.167. The van der Waals surface area contributed by atoms with Crippen molar-refractivity contribution in [3.05, 3.63) is 23.4 Å². The van der Waals surface area contributed by atoms with Gasteiger partial charge in [-0.05, 0) is 23.8 Å². The molecule has 1 aliphatic heterocycles. The molecule has 1 amide bonds. The summed E-state index contributed by atoms with van der Waals surface area (Å²) in [6.07, 6.45) is 2.92. The Balaban J connectivity index is 2.43. The fourth-order valence-electron chi connectivity index (χ4n) is 1.56. The molecule has 0 aliphatic carbocycles. The number of carbonyl (C=O) groups excluding carboxylic acids is 1. The van der Waals surface area contributed by atoms with Gasteiger partial charge in [0.25, 0.3) is 5.91 Å². The van der Waals surface area contributed by atoms with Crippen LogP contribution >= 0.6 is 0 Å². The summed E-state index contributed by atoms with van der Waals surface area (Å²) in [6, 6.07) is 3.19. The van der Waals surface area contributed by atoms with Crippen molar-refractivity contribution in [2.45, 2.75) is 0 Å². The zero-order chi connectivity index (χ0) is 13.1. The average Bonchev–Trinajstić information content (AvgIpc) is 2.77. The third-order valence-corrected chi connectivity index (χ3v) is 2.45. The third-order valence-electron chi connectivity index (χ3n) is 2.45. The summed E-state index contributed by atoms with van der Waals surface area (Å²) in [5, 5.41) is 12.5. The van der Waals surface area contributed by atoms with Crippen molar-refractivity contribution < 1.29 is 19.4 Å². The molecule has 1 heterocycles. The number of ether oxygens (including phenoxy) is 2. The van der Waals surface area contributed by atoms with Crippen LogP contribution < -0.4 is 14.8 Å².